The molecule has 0 aliphatic carbocycles. The van der Waals surface area contributed by atoms with Crippen molar-refractivity contribution in [2.24, 2.45) is 0 Å². The van der Waals surface area contributed by atoms with Crippen LogP contribution in [0.3, 0.4) is 0 Å². The van der Waals surface area contributed by atoms with Gasteiger partial charge in [-0.3, -0.25) is 4.79 Å². The minimum atomic E-state index is -0.613. The SMILES string of the molecule is COc1cc(O)c2c(c1)O[C@@H](c1ccc(O)c(O)c1)CC2=O. The molecule has 0 aromatic heterocycles. The molecule has 1 heterocycles. The second-order valence-electron chi connectivity index (χ2n) is 5.00. The summed E-state index contributed by atoms with van der Waals surface area (Å²) in [5.41, 5.74) is 0.677. The molecule has 0 saturated carbocycles. The Bertz CT molecular complexity index is 753. The van der Waals surface area contributed by atoms with Gasteiger partial charge in [0.05, 0.1) is 13.5 Å². The van der Waals surface area contributed by atoms with Crippen LogP contribution in [0.25, 0.3) is 0 Å². The molecule has 0 radical (unpaired) electrons. The summed E-state index contributed by atoms with van der Waals surface area (Å²) in [6, 6.07) is 7.12. The van der Waals surface area contributed by atoms with Gasteiger partial charge in [0.1, 0.15) is 28.9 Å². The third-order valence-electron chi connectivity index (χ3n) is 3.58. The molecule has 0 spiro atoms. The van der Waals surface area contributed by atoms with Gasteiger partial charge in [0, 0.05) is 12.1 Å². The molecule has 1 atom stereocenters. The second kappa shape index (κ2) is 5.14. The number of aromatic hydroxyl groups is 3. The van der Waals surface area contributed by atoms with Crippen molar-refractivity contribution in [1.29, 1.82) is 0 Å². The van der Waals surface area contributed by atoms with Crippen molar-refractivity contribution in [3.63, 3.8) is 0 Å². The minimum Gasteiger partial charge on any atom is -0.507 e. The summed E-state index contributed by atoms with van der Waals surface area (Å²) >= 11 is 0. The summed E-state index contributed by atoms with van der Waals surface area (Å²) in [5, 5.41) is 28.8. The standard InChI is InChI=1S/C16H14O6/c1-21-9-5-12(19)16-13(20)7-14(22-15(16)6-9)8-2-3-10(17)11(18)4-8/h2-6,14,17-19H,7H2,1H3/t14-/m1/s1. The number of carbonyl (C=O) groups excluding carboxylic acids is 1. The monoisotopic (exact) mass is 302 g/mol. The van der Waals surface area contributed by atoms with E-state index in [0.29, 0.717) is 11.3 Å². The highest BCUT2D eigenvalue weighted by atomic mass is 16.5. The van der Waals surface area contributed by atoms with Crippen LogP contribution in [0, 0.1) is 0 Å². The number of methoxy groups -OCH3 is 1. The van der Waals surface area contributed by atoms with E-state index in [-0.39, 0.29) is 40.8 Å². The van der Waals surface area contributed by atoms with Gasteiger partial charge in [-0.2, -0.15) is 0 Å². The lowest BCUT2D eigenvalue weighted by Crippen LogP contribution is -2.20. The van der Waals surface area contributed by atoms with Gasteiger partial charge >= 0.3 is 0 Å². The molecule has 2 aromatic carbocycles. The quantitative estimate of drug-likeness (QED) is 0.738. The zero-order valence-corrected chi connectivity index (χ0v) is 11.7. The van der Waals surface area contributed by atoms with Gasteiger partial charge in [-0.15, -0.1) is 0 Å². The average molecular weight is 302 g/mol. The molecule has 0 amide bonds. The number of ether oxygens (including phenoxy) is 2. The number of ketones is 1. The maximum Gasteiger partial charge on any atom is 0.174 e. The first-order chi connectivity index (χ1) is 10.5. The molecule has 0 saturated heterocycles. The Kier molecular flexibility index (Phi) is 3.29. The molecule has 3 rings (SSSR count). The summed E-state index contributed by atoms with van der Waals surface area (Å²) in [5.74, 6) is -0.382. The van der Waals surface area contributed by atoms with Crippen molar-refractivity contribution in [2.75, 3.05) is 7.11 Å². The van der Waals surface area contributed by atoms with Crippen LogP contribution < -0.4 is 9.47 Å². The Hall–Kier alpha value is -2.89. The molecule has 114 valence electrons. The highest BCUT2D eigenvalue weighted by molar-refractivity contribution is 6.02. The third kappa shape index (κ3) is 2.28. The molecule has 6 nitrogen and oxygen atoms in total. The summed E-state index contributed by atoms with van der Waals surface area (Å²) < 4.78 is 10.8. The number of hydrogen-bond acceptors (Lipinski definition) is 6. The van der Waals surface area contributed by atoms with Crippen LogP contribution >= 0.6 is 0 Å². The predicted octanol–water partition coefficient (Wildman–Crippen LogP) is 2.52. The summed E-state index contributed by atoms with van der Waals surface area (Å²) in [7, 11) is 1.45. The Morgan fingerprint density at radius 2 is 1.86 bits per heavy atom. The third-order valence-corrected chi connectivity index (χ3v) is 3.58. The van der Waals surface area contributed by atoms with E-state index in [1.807, 2.05) is 0 Å². The van der Waals surface area contributed by atoms with E-state index in [1.165, 1.54) is 31.4 Å². The molecular weight excluding hydrogens is 288 g/mol. The fourth-order valence-corrected chi connectivity index (χ4v) is 2.46. The van der Waals surface area contributed by atoms with Crippen LogP contribution in [0.1, 0.15) is 28.4 Å². The van der Waals surface area contributed by atoms with Crippen LogP contribution in [0.15, 0.2) is 30.3 Å². The number of fused-ring (bicyclic) bond motifs is 1. The Labute approximate surface area is 126 Å². The van der Waals surface area contributed by atoms with Crippen LogP contribution in [-0.4, -0.2) is 28.2 Å². The smallest absolute Gasteiger partial charge is 0.174 e. The van der Waals surface area contributed by atoms with Crippen LogP contribution in [0.2, 0.25) is 0 Å². The molecule has 3 N–H and O–H groups in total. The number of phenolic OH excluding ortho intramolecular Hbond substituents is 3. The zero-order chi connectivity index (χ0) is 15.9. The van der Waals surface area contributed by atoms with E-state index < -0.39 is 6.10 Å². The number of rotatable bonds is 2. The van der Waals surface area contributed by atoms with Crippen LogP contribution in [0.4, 0.5) is 0 Å². The number of Topliss-reactive ketones (excluding diaryl/α,β-unsaturated/α-hetero) is 1. The van der Waals surface area contributed by atoms with Gasteiger partial charge < -0.3 is 24.8 Å². The summed E-state index contributed by atoms with van der Waals surface area (Å²) in [4.78, 5) is 12.2. The van der Waals surface area contributed by atoms with Gasteiger partial charge in [0.25, 0.3) is 0 Å². The highest BCUT2D eigenvalue weighted by Gasteiger charge is 2.31. The normalized spacial score (nSPS) is 16.8. The molecular formula is C16H14O6. The fourth-order valence-electron chi connectivity index (χ4n) is 2.46. The van der Waals surface area contributed by atoms with E-state index in [9.17, 15) is 20.1 Å². The van der Waals surface area contributed by atoms with Crippen molar-refractivity contribution < 1.29 is 29.6 Å². The largest absolute Gasteiger partial charge is 0.507 e. The van der Waals surface area contributed by atoms with Gasteiger partial charge in [-0.25, -0.2) is 0 Å². The van der Waals surface area contributed by atoms with E-state index in [1.54, 1.807) is 6.07 Å². The Morgan fingerprint density at radius 1 is 1.09 bits per heavy atom. The average Bonchev–Trinajstić information content (AvgIpc) is 2.49. The van der Waals surface area contributed by atoms with Gasteiger partial charge in [0.2, 0.25) is 0 Å². The van der Waals surface area contributed by atoms with E-state index in [2.05, 4.69) is 0 Å². The van der Waals surface area contributed by atoms with Crippen molar-refractivity contribution in [1.82, 2.24) is 0 Å². The van der Waals surface area contributed by atoms with Crippen LogP contribution in [-0.2, 0) is 0 Å². The maximum atomic E-state index is 12.2. The van der Waals surface area contributed by atoms with E-state index in [0.717, 1.165) is 0 Å². The molecule has 0 bridgehead atoms. The minimum absolute atomic E-state index is 0.0249. The van der Waals surface area contributed by atoms with Gasteiger partial charge in [-0.1, -0.05) is 6.07 Å². The highest BCUT2D eigenvalue weighted by Crippen LogP contribution is 2.42. The van der Waals surface area contributed by atoms with Crippen molar-refractivity contribution in [3.05, 3.63) is 41.5 Å². The fraction of sp³-hybridized carbons (Fsp3) is 0.188. The first kappa shape index (κ1) is 14.1. The zero-order valence-electron chi connectivity index (χ0n) is 11.7. The molecule has 0 fully saturated rings. The predicted molar refractivity (Wildman–Crippen MR) is 76.7 cm³/mol. The molecule has 22 heavy (non-hydrogen) atoms. The van der Waals surface area contributed by atoms with Crippen molar-refractivity contribution in [3.8, 4) is 28.7 Å². The molecule has 1 aliphatic heterocycles. The first-order valence-electron chi connectivity index (χ1n) is 6.62. The second-order valence-corrected chi connectivity index (χ2v) is 5.00. The molecule has 6 heteroatoms. The van der Waals surface area contributed by atoms with Crippen molar-refractivity contribution >= 4 is 5.78 Å². The lowest BCUT2D eigenvalue weighted by atomic mass is 9.95. The summed E-state index contributed by atoms with van der Waals surface area (Å²) in [6.45, 7) is 0. The number of hydrogen-bond donors (Lipinski definition) is 3. The number of benzene rings is 2. The topological polar surface area (TPSA) is 96.2 Å². The molecule has 1 aliphatic rings. The lowest BCUT2D eigenvalue weighted by Gasteiger charge is -2.26. The number of carbonyl (C=O) groups is 1. The van der Waals surface area contributed by atoms with Gasteiger partial charge in [0.15, 0.2) is 17.3 Å². The molecule has 0 unspecified atom stereocenters. The first-order valence-corrected chi connectivity index (χ1v) is 6.62. The van der Waals surface area contributed by atoms with Crippen LogP contribution in [0.5, 0.6) is 28.7 Å². The summed E-state index contributed by atoms with van der Waals surface area (Å²) in [6.07, 6.45) is -0.588. The van der Waals surface area contributed by atoms with E-state index >= 15 is 0 Å². The van der Waals surface area contributed by atoms with E-state index in [4.69, 9.17) is 9.47 Å². The lowest BCUT2D eigenvalue weighted by molar-refractivity contribution is 0.0844. The molecule has 2 aromatic rings. The Balaban J connectivity index is 2.01. The maximum absolute atomic E-state index is 12.2. The number of phenols is 3. The van der Waals surface area contributed by atoms with Crippen molar-refractivity contribution in [2.45, 2.75) is 12.5 Å². The van der Waals surface area contributed by atoms with Gasteiger partial charge in [-0.05, 0) is 17.7 Å². The Morgan fingerprint density at radius 3 is 2.55 bits per heavy atom.